The summed E-state index contributed by atoms with van der Waals surface area (Å²) in [5, 5.41) is 0. The van der Waals surface area contributed by atoms with Crippen LogP contribution in [-0.2, 0) is 0 Å². The van der Waals surface area contributed by atoms with E-state index in [9.17, 15) is 0 Å². The van der Waals surface area contributed by atoms with Crippen molar-refractivity contribution in [2.45, 2.75) is 40.5 Å². The Morgan fingerprint density at radius 3 is 2.31 bits per heavy atom. The molecule has 1 aromatic carbocycles. The van der Waals surface area contributed by atoms with Crippen molar-refractivity contribution in [3.8, 4) is 0 Å². The van der Waals surface area contributed by atoms with Crippen molar-refractivity contribution in [2.75, 3.05) is 4.72 Å². The maximum Gasteiger partial charge on any atom is 0.0487 e. The second kappa shape index (κ2) is 8.64. The van der Waals surface area contributed by atoms with Crippen molar-refractivity contribution >= 4 is 51.9 Å². The predicted octanol–water partition coefficient (Wildman–Crippen LogP) is 6.32. The number of nitrogens with one attached hydrogen (secondary N) is 1. The summed E-state index contributed by atoms with van der Waals surface area (Å²) in [6.45, 7) is 10.5. The highest BCUT2D eigenvalue weighted by atomic mass is 127. The summed E-state index contributed by atoms with van der Waals surface area (Å²) >= 11 is 5.83. The van der Waals surface area contributed by atoms with Gasteiger partial charge in [0.15, 0.2) is 0 Å². The van der Waals surface area contributed by atoms with Gasteiger partial charge in [0.05, 0.1) is 0 Å². The molecule has 0 heterocycles. The SMILES string of the molecule is CC.Cc1cc(C(C)C)c(Br)cc1NSI. The van der Waals surface area contributed by atoms with E-state index in [1.807, 2.05) is 13.8 Å². The lowest BCUT2D eigenvalue weighted by Gasteiger charge is -2.13. The largest absolute Gasteiger partial charge is 0.321 e. The number of hydrogen-bond acceptors (Lipinski definition) is 2. The molecule has 0 aromatic heterocycles. The van der Waals surface area contributed by atoms with Crippen molar-refractivity contribution in [2.24, 2.45) is 0 Å². The molecule has 0 saturated heterocycles. The Labute approximate surface area is 124 Å². The Hall–Kier alpha value is 0.580. The van der Waals surface area contributed by atoms with E-state index in [4.69, 9.17) is 0 Å². The van der Waals surface area contributed by atoms with Crippen molar-refractivity contribution in [3.05, 3.63) is 27.7 Å². The molecule has 1 rings (SSSR count). The smallest absolute Gasteiger partial charge is 0.0487 e. The van der Waals surface area contributed by atoms with Gasteiger partial charge in [-0.2, -0.15) is 0 Å². The van der Waals surface area contributed by atoms with Gasteiger partial charge in [0.25, 0.3) is 0 Å². The van der Waals surface area contributed by atoms with Crippen LogP contribution in [0.15, 0.2) is 16.6 Å². The third kappa shape index (κ3) is 4.84. The van der Waals surface area contributed by atoms with E-state index in [2.05, 4.69) is 74.8 Å². The first kappa shape index (κ1) is 16.6. The molecular weight excluding hydrogens is 397 g/mol. The minimum atomic E-state index is 0.560. The lowest BCUT2D eigenvalue weighted by molar-refractivity contribution is 0.859. The molecule has 0 aliphatic rings. The van der Waals surface area contributed by atoms with Gasteiger partial charge in [-0.1, -0.05) is 49.7 Å². The summed E-state index contributed by atoms with van der Waals surface area (Å²) < 4.78 is 4.44. The fraction of sp³-hybridized carbons (Fsp3) is 0.500. The molecule has 16 heavy (non-hydrogen) atoms. The van der Waals surface area contributed by atoms with Gasteiger partial charge in [0.2, 0.25) is 0 Å². The summed E-state index contributed by atoms with van der Waals surface area (Å²) in [6, 6.07) is 4.39. The molecule has 1 nitrogen and oxygen atoms in total. The molecule has 0 bridgehead atoms. The van der Waals surface area contributed by atoms with Crippen LogP contribution in [0.1, 0.15) is 44.7 Å². The average Bonchev–Trinajstić information content (AvgIpc) is 2.26. The van der Waals surface area contributed by atoms with Crippen LogP contribution in [0.4, 0.5) is 5.69 Å². The molecule has 0 spiro atoms. The maximum absolute atomic E-state index is 3.60. The van der Waals surface area contributed by atoms with E-state index >= 15 is 0 Å². The Balaban J connectivity index is 0.00000106. The first-order valence-corrected chi connectivity index (χ1v) is 9.55. The molecule has 0 aliphatic heterocycles. The first-order valence-electron chi connectivity index (χ1n) is 5.40. The van der Waals surface area contributed by atoms with Gasteiger partial charge >= 0.3 is 0 Å². The quantitative estimate of drug-likeness (QED) is 0.458. The third-order valence-corrected chi connectivity index (χ3v) is 3.76. The summed E-state index contributed by atoms with van der Waals surface area (Å²) in [5.41, 5.74) is 3.84. The highest BCUT2D eigenvalue weighted by Gasteiger charge is 2.08. The monoisotopic (exact) mass is 415 g/mol. The third-order valence-electron chi connectivity index (χ3n) is 2.11. The van der Waals surface area contributed by atoms with Gasteiger partial charge in [-0.15, -0.1) is 0 Å². The Bertz CT molecular complexity index is 329. The zero-order chi connectivity index (χ0) is 12.7. The Morgan fingerprint density at radius 2 is 1.88 bits per heavy atom. The lowest BCUT2D eigenvalue weighted by Crippen LogP contribution is -1.94. The van der Waals surface area contributed by atoms with Gasteiger partial charge in [0, 0.05) is 40.5 Å². The molecule has 0 amide bonds. The number of rotatable bonds is 3. The van der Waals surface area contributed by atoms with Gasteiger partial charge in [-0.05, 0) is 30.0 Å². The molecule has 0 atom stereocenters. The van der Waals surface area contributed by atoms with E-state index < -0.39 is 0 Å². The molecule has 0 aliphatic carbocycles. The number of hydrogen-bond donors (Lipinski definition) is 1. The van der Waals surface area contributed by atoms with Crippen LogP contribution in [0.25, 0.3) is 0 Å². The second-order valence-electron chi connectivity index (χ2n) is 3.52. The highest BCUT2D eigenvalue weighted by Crippen LogP contribution is 2.32. The van der Waals surface area contributed by atoms with Crippen molar-refractivity contribution < 1.29 is 0 Å². The molecule has 4 heteroatoms. The van der Waals surface area contributed by atoms with E-state index in [0.29, 0.717) is 5.92 Å². The molecule has 0 radical (unpaired) electrons. The minimum Gasteiger partial charge on any atom is -0.321 e. The first-order chi connectivity index (χ1) is 7.56. The van der Waals surface area contributed by atoms with E-state index in [-0.39, 0.29) is 0 Å². The molecule has 1 N–H and O–H groups in total. The predicted molar refractivity (Wildman–Crippen MR) is 89.5 cm³/mol. The fourth-order valence-corrected chi connectivity index (χ4v) is 3.11. The standard InChI is InChI=1S/C10H13BrINS.C2H6/c1-6(2)8-4-7(3)10(13-14-12)5-9(8)11;1-2/h4-6,13H,1-3H3;1-2H3. The summed E-state index contributed by atoms with van der Waals surface area (Å²) in [7, 11) is 1.59. The van der Waals surface area contributed by atoms with Crippen molar-refractivity contribution in [1.82, 2.24) is 0 Å². The average molecular weight is 416 g/mol. The lowest BCUT2D eigenvalue weighted by atomic mass is 10.0. The topological polar surface area (TPSA) is 12.0 Å². The van der Waals surface area contributed by atoms with Crippen LogP contribution < -0.4 is 4.72 Å². The molecule has 0 unspecified atom stereocenters. The van der Waals surface area contributed by atoms with Gasteiger partial charge in [-0.3, -0.25) is 0 Å². The van der Waals surface area contributed by atoms with Gasteiger partial charge in [-0.25, -0.2) is 0 Å². The van der Waals surface area contributed by atoms with Crippen LogP contribution in [0.2, 0.25) is 0 Å². The minimum absolute atomic E-state index is 0.560. The fourth-order valence-electron chi connectivity index (χ4n) is 1.30. The van der Waals surface area contributed by atoms with Crippen molar-refractivity contribution in [1.29, 1.82) is 0 Å². The van der Waals surface area contributed by atoms with Crippen LogP contribution >= 0.6 is 46.3 Å². The molecule has 0 fully saturated rings. The zero-order valence-electron chi connectivity index (χ0n) is 10.4. The highest BCUT2D eigenvalue weighted by molar-refractivity contribution is 14.2. The van der Waals surface area contributed by atoms with Gasteiger partial charge in [0.1, 0.15) is 0 Å². The maximum atomic E-state index is 3.60. The van der Waals surface area contributed by atoms with Crippen LogP contribution in [-0.4, -0.2) is 0 Å². The normalized spacial score (nSPS) is 9.75. The summed E-state index contributed by atoms with van der Waals surface area (Å²) in [5.74, 6) is 0.560. The number of aryl methyl sites for hydroxylation is 1. The molecule has 92 valence electrons. The second-order valence-corrected chi connectivity index (χ2v) is 6.06. The van der Waals surface area contributed by atoms with Crippen molar-refractivity contribution in [3.63, 3.8) is 0 Å². The van der Waals surface area contributed by atoms with E-state index in [1.54, 1.807) is 9.12 Å². The molecular formula is C12H19BrINS. The zero-order valence-corrected chi connectivity index (χ0v) is 15.0. The van der Waals surface area contributed by atoms with Crippen LogP contribution in [0.3, 0.4) is 0 Å². The van der Waals surface area contributed by atoms with Gasteiger partial charge < -0.3 is 4.72 Å². The van der Waals surface area contributed by atoms with Crippen LogP contribution in [0.5, 0.6) is 0 Å². The molecule has 0 saturated carbocycles. The Morgan fingerprint density at radius 1 is 1.31 bits per heavy atom. The van der Waals surface area contributed by atoms with E-state index in [1.165, 1.54) is 21.3 Å². The summed E-state index contributed by atoms with van der Waals surface area (Å²) in [4.78, 5) is 0. The molecule has 1 aromatic rings. The number of halogens is 2. The van der Waals surface area contributed by atoms with E-state index in [0.717, 1.165) is 0 Å². The number of benzene rings is 1. The van der Waals surface area contributed by atoms with Crippen LogP contribution in [0, 0.1) is 6.92 Å². The summed E-state index contributed by atoms with van der Waals surface area (Å²) in [6.07, 6.45) is 0. The Kier molecular flexibility index (Phi) is 8.95. The number of anilines is 1.